The third kappa shape index (κ3) is 17.8. The van der Waals surface area contributed by atoms with Gasteiger partial charge < -0.3 is 24.8 Å². The number of ether oxygens (including phenoxy) is 3. The van der Waals surface area contributed by atoms with E-state index in [1.54, 1.807) is 14.2 Å². The Bertz CT molecular complexity index is 242. The molecule has 128 valence electrons. The van der Waals surface area contributed by atoms with E-state index in [-0.39, 0.29) is 24.0 Å². The second-order valence-corrected chi connectivity index (χ2v) is 4.83. The first-order valence-corrected chi connectivity index (χ1v) is 7.29. The van der Waals surface area contributed by atoms with Crippen LogP contribution >= 0.6 is 24.0 Å². The summed E-state index contributed by atoms with van der Waals surface area (Å²) in [4.78, 5) is 4.13. The van der Waals surface area contributed by atoms with Crippen LogP contribution in [0.2, 0.25) is 0 Å². The number of guanidine groups is 1. The van der Waals surface area contributed by atoms with Crippen LogP contribution in [0.25, 0.3) is 0 Å². The minimum absolute atomic E-state index is 0. The van der Waals surface area contributed by atoms with Gasteiger partial charge in [-0.2, -0.15) is 0 Å². The zero-order valence-electron chi connectivity index (χ0n) is 13.8. The Morgan fingerprint density at radius 1 is 0.952 bits per heavy atom. The van der Waals surface area contributed by atoms with Gasteiger partial charge in [0, 0.05) is 33.9 Å². The first-order valence-electron chi connectivity index (χ1n) is 7.29. The molecule has 0 aromatic carbocycles. The molecule has 0 unspecified atom stereocenters. The van der Waals surface area contributed by atoms with Crippen molar-refractivity contribution in [2.75, 3.05) is 60.3 Å². The molecule has 0 radical (unpaired) electrons. The van der Waals surface area contributed by atoms with Gasteiger partial charge in [-0.15, -0.1) is 24.0 Å². The Kier molecular flexibility index (Phi) is 19.8. The van der Waals surface area contributed by atoms with Crippen molar-refractivity contribution in [2.45, 2.75) is 20.3 Å². The molecule has 0 bridgehead atoms. The van der Waals surface area contributed by atoms with Crippen LogP contribution in [-0.4, -0.2) is 66.2 Å². The molecule has 0 spiro atoms. The molecule has 0 aliphatic rings. The van der Waals surface area contributed by atoms with Gasteiger partial charge in [0.2, 0.25) is 0 Å². The quantitative estimate of drug-likeness (QED) is 0.218. The van der Waals surface area contributed by atoms with Gasteiger partial charge >= 0.3 is 0 Å². The van der Waals surface area contributed by atoms with Crippen LogP contribution in [-0.2, 0) is 14.2 Å². The lowest BCUT2D eigenvalue weighted by Gasteiger charge is -2.12. The van der Waals surface area contributed by atoms with Crippen molar-refractivity contribution in [3.05, 3.63) is 0 Å². The molecule has 0 atom stereocenters. The fourth-order valence-corrected chi connectivity index (χ4v) is 1.37. The standard InChI is InChI=1S/C14H31N3O3.HI/c1-13(2)5-8-19-9-6-16-14(15-3)17-7-10-20-12-11-18-4;/h13H,5-12H2,1-4H3,(H2,15,16,17);1H. The molecule has 0 amide bonds. The highest BCUT2D eigenvalue weighted by Crippen LogP contribution is 1.98. The largest absolute Gasteiger partial charge is 0.382 e. The molecule has 2 N–H and O–H groups in total. The Hall–Kier alpha value is -0.120. The molecule has 0 aliphatic heterocycles. The Morgan fingerprint density at radius 3 is 2.00 bits per heavy atom. The van der Waals surface area contributed by atoms with Gasteiger partial charge in [0.05, 0.1) is 26.4 Å². The molecule has 21 heavy (non-hydrogen) atoms. The number of hydrogen-bond donors (Lipinski definition) is 2. The second kappa shape index (κ2) is 17.9. The summed E-state index contributed by atoms with van der Waals surface area (Å²) in [5.41, 5.74) is 0. The average Bonchev–Trinajstić information content (AvgIpc) is 2.43. The third-order valence-electron chi connectivity index (χ3n) is 2.57. The lowest BCUT2D eigenvalue weighted by atomic mass is 10.1. The molecule has 0 saturated heterocycles. The minimum atomic E-state index is 0. The first-order chi connectivity index (χ1) is 9.70. The Labute approximate surface area is 146 Å². The zero-order valence-corrected chi connectivity index (χ0v) is 16.1. The third-order valence-corrected chi connectivity index (χ3v) is 2.57. The van der Waals surface area contributed by atoms with Crippen molar-refractivity contribution in [3.63, 3.8) is 0 Å². The van der Waals surface area contributed by atoms with Gasteiger partial charge in [-0.3, -0.25) is 4.99 Å². The molecule has 0 aliphatic carbocycles. The SMILES string of the molecule is CN=C(NCCOCCOC)NCCOCCC(C)C.I. The van der Waals surface area contributed by atoms with E-state index in [0.29, 0.717) is 32.3 Å². The molecular formula is C14H32IN3O3. The summed E-state index contributed by atoms with van der Waals surface area (Å²) >= 11 is 0. The molecule has 7 heteroatoms. The van der Waals surface area contributed by atoms with Crippen LogP contribution < -0.4 is 10.6 Å². The highest BCUT2D eigenvalue weighted by Gasteiger charge is 1.97. The van der Waals surface area contributed by atoms with Crippen LogP contribution in [0.3, 0.4) is 0 Å². The summed E-state index contributed by atoms with van der Waals surface area (Å²) in [6.07, 6.45) is 1.10. The van der Waals surface area contributed by atoms with Crippen molar-refractivity contribution >= 4 is 29.9 Å². The normalized spacial score (nSPS) is 11.4. The summed E-state index contributed by atoms with van der Waals surface area (Å²) < 4.78 is 15.8. The van der Waals surface area contributed by atoms with E-state index < -0.39 is 0 Å². The van der Waals surface area contributed by atoms with E-state index in [1.165, 1.54) is 0 Å². The van der Waals surface area contributed by atoms with Crippen LogP contribution in [0.4, 0.5) is 0 Å². The number of nitrogens with one attached hydrogen (secondary N) is 2. The summed E-state index contributed by atoms with van der Waals surface area (Å²) in [6, 6.07) is 0. The maximum absolute atomic E-state index is 5.53. The van der Waals surface area contributed by atoms with Gasteiger partial charge in [-0.05, 0) is 12.3 Å². The molecule has 0 rings (SSSR count). The van der Waals surface area contributed by atoms with E-state index in [0.717, 1.165) is 32.1 Å². The Morgan fingerprint density at radius 2 is 1.52 bits per heavy atom. The summed E-state index contributed by atoms with van der Waals surface area (Å²) in [5.74, 6) is 1.46. The smallest absolute Gasteiger partial charge is 0.191 e. The van der Waals surface area contributed by atoms with E-state index in [4.69, 9.17) is 14.2 Å². The molecular weight excluding hydrogens is 385 g/mol. The van der Waals surface area contributed by atoms with Gasteiger partial charge in [-0.25, -0.2) is 0 Å². The predicted molar refractivity (Wildman–Crippen MR) is 97.7 cm³/mol. The van der Waals surface area contributed by atoms with Crippen LogP contribution in [0.5, 0.6) is 0 Å². The van der Waals surface area contributed by atoms with Crippen LogP contribution in [0.1, 0.15) is 20.3 Å². The van der Waals surface area contributed by atoms with E-state index in [2.05, 4.69) is 29.5 Å². The first kappa shape index (κ1) is 23.2. The van der Waals surface area contributed by atoms with Gasteiger partial charge in [0.15, 0.2) is 5.96 Å². The van der Waals surface area contributed by atoms with Crippen LogP contribution in [0.15, 0.2) is 4.99 Å². The highest BCUT2D eigenvalue weighted by molar-refractivity contribution is 14.0. The fraction of sp³-hybridized carbons (Fsp3) is 0.929. The Balaban J connectivity index is 0. The molecule has 6 nitrogen and oxygen atoms in total. The number of rotatable bonds is 12. The van der Waals surface area contributed by atoms with Gasteiger partial charge in [0.25, 0.3) is 0 Å². The second-order valence-electron chi connectivity index (χ2n) is 4.83. The van der Waals surface area contributed by atoms with E-state index >= 15 is 0 Å². The maximum atomic E-state index is 5.53. The number of hydrogen-bond acceptors (Lipinski definition) is 4. The number of nitrogens with zero attached hydrogens (tertiary/aromatic N) is 1. The monoisotopic (exact) mass is 417 g/mol. The highest BCUT2D eigenvalue weighted by atomic mass is 127. The van der Waals surface area contributed by atoms with Crippen LogP contribution in [0, 0.1) is 5.92 Å². The molecule has 0 saturated carbocycles. The van der Waals surface area contributed by atoms with Crippen molar-refractivity contribution < 1.29 is 14.2 Å². The lowest BCUT2D eigenvalue weighted by molar-refractivity contribution is 0.0733. The molecule has 0 fully saturated rings. The van der Waals surface area contributed by atoms with Crippen molar-refractivity contribution in [2.24, 2.45) is 10.9 Å². The van der Waals surface area contributed by atoms with Crippen molar-refractivity contribution in [3.8, 4) is 0 Å². The lowest BCUT2D eigenvalue weighted by Crippen LogP contribution is -2.40. The molecule has 0 aromatic heterocycles. The fourth-order valence-electron chi connectivity index (χ4n) is 1.37. The average molecular weight is 417 g/mol. The summed E-state index contributed by atoms with van der Waals surface area (Å²) in [6.45, 7) is 9.25. The minimum Gasteiger partial charge on any atom is -0.382 e. The van der Waals surface area contributed by atoms with E-state index in [1.807, 2.05) is 0 Å². The molecule has 0 heterocycles. The summed E-state index contributed by atoms with van der Waals surface area (Å²) in [5, 5.41) is 6.37. The maximum Gasteiger partial charge on any atom is 0.191 e. The van der Waals surface area contributed by atoms with Crippen molar-refractivity contribution in [1.82, 2.24) is 10.6 Å². The van der Waals surface area contributed by atoms with Gasteiger partial charge in [-0.1, -0.05) is 13.8 Å². The molecule has 0 aromatic rings. The zero-order chi connectivity index (χ0) is 15.1. The van der Waals surface area contributed by atoms with Gasteiger partial charge in [0.1, 0.15) is 0 Å². The number of halogens is 1. The number of methoxy groups -OCH3 is 1. The predicted octanol–water partition coefficient (Wildman–Crippen LogP) is 1.50. The topological polar surface area (TPSA) is 64.1 Å². The number of aliphatic imine (C=N–C) groups is 1. The summed E-state index contributed by atoms with van der Waals surface area (Å²) in [7, 11) is 3.41. The van der Waals surface area contributed by atoms with E-state index in [9.17, 15) is 0 Å². The van der Waals surface area contributed by atoms with Crippen molar-refractivity contribution in [1.29, 1.82) is 0 Å².